The van der Waals surface area contributed by atoms with Gasteiger partial charge in [0.15, 0.2) is 0 Å². The Labute approximate surface area is 107 Å². The minimum Gasteiger partial charge on any atom is -0.463 e. The number of ether oxygens (including phenoxy) is 1. The van der Waals surface area contributed by atoms with Gasteiger partial charge in [0.05, 0.1) is 6.61 Å². The summed E-state index contributed by atoms with van der Waals surface area (Å²) >= 11 is 0. The number of nitrogens with zero attached hydrogens (tertiary/aromatic N) is 3. The first kappa shape index (κ1) is 12.9. The molecule has 0 spiro atoms. The van der Waals surface area contributed by atoms with Gasteiger partial charge in [-0.15, -0.1) is 0 Å². The van der Waals surface area contributed by atoms with Crippen LogP contribution in [0.4, 0.5) is 11.9 Å². The van der Waals surface area contributed by atoms with Crippen LogP contribution in [0.15, 0.2) is 0 Å². The van der Waals surface area contributed by atoms with Gasteiger partial charge >= 0.3 is 6.01 Å². The Hall–Kier alpha value is -1.59. The minimum absolute atomic E-state index is 0.199. The third-order valence-electron chi connectivity index (χ3n) is 3.09. The smallest absolute Gasteiger partial charge is 0.323 e. The molecule has 0 aliphatic heterocycles. The molecule has 1 saturated carbocycles. The number of rotatable bonds is 6. The predicted molar refractivity (Wildman–Crippen MR) is 70.5 cm³/mol. The molecule has 1 aliphatic rings. The maximum Gasteiger partial charge on any atom is 0.323 e. The van der Waals surface area contributed by atoms with Crippen molar-refractivity contribution in [2.75, 3.05) is 24.2 Å². The second-order valence-corrected chi connectivity index (χ2v) is 4.68. The van der Waals surface area contributed by atoms with E-state index in [0.717, 1.165) is 18.9 Å². The Morgan fingerprint density at radius 1 is 1.28 bits per heavy atom. The Morgan fingerprint density at radius 2 is 2.06 bits per heavy atom. The lowest BCUT2D eigenvalue weighted by Crippen LogP contribution is -2.15. The molecule has 0 saturated heterocycles. The summed E-state index contributed by atoms with van der Waals surface area (Å²) in [4.78, 5) is 12.2. The zero-order chi connectivity index (χ0) is 12.8. The first-order valence-electron chi connectivity index (χ1n) is 6.66. The molecule has 0 unspecified atom stereocenters. The summed E-state index contributed by atoms with van der Waals surface area (Å²) in [5, 5.41) is 3.22. The Kier molecular flexibility index (Phi) is 4.55. The van der Waals surface area contributed by atoms with E-state index in [2.05, 4.69) is 20.3 Å². The largest absolute Gasteiger partial charge is 0.463 e. The first-order chi connectivity index (χ1) is 8.78. The molecule has 1 aliphatic carbocycles. The van der Waals surface area contributed by atoms with E-state index in [-0.39, 0.29) is 5.95 Å². The van der Waals surface area contributed by atoms with Gasteiger partial charge < -0.3 is 15.8 Å². The van der Waals surface area contributed by atoms with E-state index in [1.165, 1.54) is 25.7 Å². The second kappa shape index (κ2) is 6.37. The molecule has 100 valence electrons. The summed E-state index contributed by atoms with van der Waals surface area (Å²) in [6, 6.07) is 0.304. The predicted octanol–water partition coefficient (Wildman–Crippen LogP) is 1.84. The normalized spacial score (nSPS) is 15.8. The van der Waals surface area contributed by atoms with Crippen LogP contribution in [-0.2, 0) is 0 Å². The molecule has 3 N–H and O–H groups in total. The number of aromatic nitrogens is 3. The maximum absolute atomic E-state index is 5.63. The molecule has 6 nitrogen and oxygen atoms in total. The van der Waals surface area contributed by atoms with Crippen molar-refractivity contribution in [1.29, 1.82) is 0 Å². The summed E-state index contributed by atoms with van der Waals surface area (Å²) in [5.41, 5.74) is 5.63. The number of nitrogens with one attached hydrogen (secondary N) is 1. The third kappa shape index (κ3) is 3.72. The zero-order valence-electron chi connectivity index (χ0n) is 10.9. The molecule has 1 aromatic heterocycles. The van der Waals surface area contributed by atoms with Crippen molar-refractivity contribution >= 4 is 11.9 Å². The molecule has 0 aromatic carbocycles. The van der Waals surface area contributed by atoms with Gasteiger partial charge in [-0.2, -0.15) is 15.0 Å². The van der Waals surface area contributed by atoms with Gasteiger partial charge in [0.25, 0.3) is 0 Å². The molecule has 1 heterocycles. The van der Waals surface area contributed by atoms with Crippen LogP contribution < -0.4 is 15.8 Å². The monoisotopic (exact) mass is 251 g/mol. The summed E-state index contributed by atoms with van der Waals surface area (Å²) < 4.78 is 5.37. The van der Waals surface area contributed by atoms with Crippen molar-refractivity contribution in [1.82, 2.24) is 15.0 Å². The van der Waals surface area contributed by atoms with Crippen LogP contribution in [-0.4, -0.2) is 28.1 Å². The zero-order valence-corrected chi connectivity index (χ0v) is 10.9. The van der Waals surface area contributed by atoms with Crippen molar-refractivity contribution in [2.24, 2.45) is 5.92 Å². The number of hydrogen-bond acceptors (Lipinski definition) is 6. The quantitative estimate of drug-likeness (QED) is 0.802. The van der Waals surface area contributed by atoms with Crippen LogP contribution >= 0.6 is 0 Å². The summed E-state index contributed by atoms with van der Waals surface area (Å²) in [5.74, 6) is 1.44. The van der Waals surface area contributed by atoms with Gasteiger partial charge in [-0.3, -0.25) is 0 Å². The summed E-state index contributed by atoms with van der Waals surface area (Å²) in [6.45, 7) is 3.52. The molecule has 18 heavy (non-hydrogen) atoms. The Morgan fingerprint density at radius 3 is 2.78 bits per heavy atom. The first-order valence-corrected chi connectivity index (χ1v) is 6.66. The van der Waals surface area contributed by atoms with Gasteiger partial charge in [-0.05, 0) is 25.2 Å². The van der Waals surface area contributed by atoms with E-state index >= 15 is 0 Å². The van der Waals surface area contributed by atoms with Gasteiger partial charge in [-0.1, -0.05) is 19.8 Å². The molecule has 0 bridgehead atoms. The van der Waals surface area contributed by atoms with E-state index in [9.17, 15) is 0 Å². The van der Waals surface area contributed by atoms with Gasteiger partial charge in [0, 0.05) is 6.54 Å². The van der Waals surface area contributed by atoms with Crippen LogP contribution in [0.5, 0.6) is 6.01 Å². The van der Waals surface area contributed by atoms with Crippen molar-refractivity contribution in [3.63, 3.8) is 0 Å². The maximum atomic E-state index is 5.63. The van der Waals surface area contributed by atoms with Crippen LogP contribution in [0.1, 0.15) is 39.0 Å². The number of nitrogen functional groups attached to an aromatic ring is 1. The fourth-order valence-corrected chi connectivity index (χ4v) is 2.16. The van der Waals surface area contributed by atoms with Crippen LogP contribution in [0.3, 0.4) is 0 Å². The highest BCUT2D eigenvalue weighted by atomic mass is 16.5. The van der Waals surface area contributed by atoms with Gasteiger partial charge in [0.2, 0.25) is 11.9 Å². The van der Waals surface area contributed by atoms with E-state index < -0.39 is 0 Å². The summed E-state index contributed by atoms with van der Waals surface area (Å²) in [7, 11) is 0. The molecule has 2 rings (SSSR count). The number of nitrogens with two attached hydrogens (primary N) is 1. The highest BCUT2D eigenvalue weighted by Crippen LogP contribution is 2.24. The number of hydrogen-bond donors (Lipinski definition) is 2. The molecule has 1 fully saturated rings. The van der Waals surface area contributed by atoms with Crippen LogP contribution in [0.25, 0.3) is 0 Å². The van der Waals surface area contributed by atoms with Gasteiger partial charge in [-0.25, -0.2) is 0 Å². The Balaban J connectivity index is 1.91. The fraction of sp³-hybridized carbons (Fsp3) is 0.750. The highest BCUT2D eigenvalue weighted by molar-refractivity contribution is 5.32. The van der Waals surface area contributed by atoms with Crippen molar-refractivity contribution in [3.05, 3.63) is 0 Å². The highest BCUT2D eigenvalue weighted by Gasteiger charge is 2.15. The Bertz CT molecular complexity index is 379. The average molecular weight is 251 g/mol. The lowest BCUT2D eigenvalue weighted by atomic mass is 10.1. The van der Waals surface area contributed by atoms with E-state index in [1.54, 1.807) is 0 Å². The fourth-order valence-electron chi connectivity index (χ4n) is 2.16. The lowest BCUT2D eigenvalue weighted by Gasteiger charge is -2.11. The SMILES string of the molecule is CCCOc1nc(N)nc(NCC2CCCC2)n1. The van der Waals surface area contributed by atoms with E-state index in [1.807, 2.05) is 6.92 Å². The van der Waals surface area contributed by atoms with Crippen molar-refractivity contribution in [2.45, 2.75) is 39.0 Å². The van der Waals surface area contributed by atoms with Crippen molar-refractivity contribution in [3.8, 4) is 6.01 Å². The minimum atomic E-state index is 0.199. The molecule has 0 radical (unpaired) electrons. The molecule has 1 aromatic rings. The van der Waals surface area contributed by atoms with Gasteiger partial charge in [0.1, 0.15) is 0 Å². The third-order valence-corrected chi connectivity index (χ3v) is 3.09. The topological polar surface area (TPSA) is 86.0 Å². The van der Waals surface area contributed by atoms with Crippen molar-refractivity contribution < 1.29 is 4.74 Å². The summed E-state index contributed by atoms with van der Waals surface area (Å²) in [6.07, 6.45) is 6.14. The molecular weight excluding hydrogens is 230 g/mol. The number of anilines is 2. The standard InChI is InChI=1S/C12H21N5O/c1-2-7-18-12-16-10(13)15-11(17-12)14-8-9-5-3-4-6-9/h9H,2-8H2,1H3,(H3,13,14,15,16,17). The lowest BCUT2D eigenvalue weighted by molar-refractivity contribution is 0.292. The van der Waals surface area contributed by atoms with Crippen LogP contribution in [0.2, 0.25) is 0 Å². The molecule has 6 heteroatoms. The molecule has 0 atom stereocenters. The molecular formula is C12H21N5O. The second-order valence-electron chi connectivity index (χ2n) is 4.68. The molecule has 0 amide bonds. The van der Waals surface area contributed by atoms with Crippen LogP contribution in [0, 0.1) is 5.92 Å². The van der Waals surface area contributed by atoms with E-state index in [0.29, 0.717) is 18.6 Å². The van der Waals surface area contributed by atoms with E-state index in [4.69, 9.17) is 10.5 Å². The average Bonchev–Trinajstić information content (AvgIpc) is 2.86.